The number of hydrogen-bond acceptors (Lipinski definition) is 5. The Labute approximate surface area is 202 Å². The van der Waals surface area contributed by atoms with Gasteiger partial charge in [0.15, 0.2) is 0 Å². The first-order valence-corrected chi connectivity index (χ1v) is 14.3. The normalized spacial score (nSPS) is 11.6. The number of aryl methyl sites for hydroxylation is 2. The predicted octanol–water partition coefficient (Wildman–Crippen LogP) is 9.53. The minimum atomic E-state index is -0.197. The first-order valence-electron chi connectivity index (χ1n) is 11.8. The lowest BCUT2D eigenvalue weighted by molar-refractivity contribution is 0.633. The van der Waals surface area contributed by atoms with E-state index in [0.717, 1.165) is 33.7 Å². The van der Waals surface area contributed by atoms with Gasteiger partial charge in [-0.2, -0.15) is 8.75 Å². The molecule has 3 aromatic heterocycles. The van der Waals surface area contributed by atoms with Crippen LogP contribution >= 0.6 is 34.4 Å². The highest BCUT2D eigenvalue weighted by molar-refractivity contribution is 7.14. The van der Waals surface area contributed by atoms with E-state index in [-0.39, 0.29) is 5.82 Å². The molecule has 0 saturated heterocycles. The largest absolute Gasteiger partial charge is 0.206 e. The minimum Gasteiger partial charge on any atom is -0.206 e. The number of benzene rings is 1. The maximum atomic E-state index is 15.4. The average Bonchev–Trinajstić information content (AvgIpc) is 3.55. The Hall–Kier alpha value is -1.63. The zero-order valence-electron chi connectivity index (χ0n) is 19.0. The van der Waals surface area contributed by atoms with Gasteiger partial charge < -0.3 is 0 Å². The van der Waals surface area contributed by atoms with Gasteiger partial charge in [-0.25, -0.2) is 4.39 Å². The van der Waals surface area contributed by atoms with Gasteiger partial charge in [-0.15, -0.1) is 22.7 Å². The maximum absolute atomic E-state index is 15.4. The number of halogens is 1. The molecule has 170 valence electrons. The van der Waals surface area contributed by atoms with Crippen LogP contribution in [0.1, 0.15) is 76.3 Å². The molecule has 0 saturated carbocycles. The van der Waals surface area contributed by atoms with Crippen LogP contribution in [0.5, 0.6) is 0 Å². The third-order valence-corrected chi connectivity index (χ3v) is 8.48. The van der Waals surface area contributed by atoms with Crippen LogP contribution < -0.4 is 0 Å². The highest BCUT2D eigenvalue weighted by Gasteiger charge is 2.20. The van der Waals surface area contributed by atoms with E-state index >= 15 is 4.39 Å². The molecule has 0 amide bonds. The van der Waals surface area contributed by atoms with Crippen LogP contribution in [0.25, 0.3) is 31.9 Å². The number of thiophene rings is 2. The highest BCUT2D eigenvalue weighted by Crippen LogP contribution is 2.41. The Bertz CT molecular complexity index is 1140. The van der Waals surface area contributed by atoms with Crippen molar-refractivity contribution in [2.45, 2.75) is 78.1 Å². The van der Waals surface area contributed by atoms with Gasteiger partial charge in [-0.3, -0.25) is 0 Å². The van der Waals surface area contributed by atoms with Crippen LogP contribution in [0.4, 0.5) is 4.39 Å². The molecule has 0 spiro atoms. The summed E-state index contributed by atoms with van der Waals surface area (Å²) in [5.41, 5.74) is 5.64. The standard InChI is InChI=1S/C26H31FN2S3/c1-3-5-7-9-11-18-13-22(30-16-18)20-15-21(27)24(26-25(20)28-32-29-26)23-14-19(17-31-23)12-10-8-6-4-2/h13-17H,3-12H2,1-2H3. The van der Waals surface area contributed by atoms with Crippen LogP contribution in [0.15, 0.2) is 29.0 Å². The zero-order valence-corrected chi connectivity index (χ0v) is 21.4. The molecule has 0 unspecified atom stereocenters. The third kappa shape index (κ3) is 5.46. The number of fused-ring (bicyclic) bond motifs is 1. The topological polar surface area (TPSA) is 25.8 Å². The fourth-order valence-corrected chi connectivity index (χ4v) is 6.66. The lowest BCUT2D eigenvalue weighted by Gasteiger charge is -2.06. The van der Waals surface area contributed by atoms with Crippen molar-refractivity contribution in [3.63, 3.8) is 0 Å². The summed E-state index contributed by atoms with van der Waals surface area (Å²) in [6.07, 6.45) is 12.1. The maximum Gasteiger partial charge on any atom is 0.134 e. The second-order valence-corrected chi connectivity index (χ2v) is 10.9. The monoisotopic (exact) mass is 486 g/mol. The van der Waals surface area contributed by atoms with Crippen LogP contribution in [-0.4, -0.2) is 8.75 Å². The first kappa shape index (κ1) is 23.5. The molecule has 0 bridgehead atoms. The molecule has 4 aromatic rings. The van der Waals surface area contributed by atoms with E-state index in [2.05, 4.69) is 45.5 Å². The molecule has 0 N–H and O–H groups in total. The number of aromatic nitrogens is 2. The Balaban J connectivity index is 1.57. The van der Waals surface area contributed by atoms with Crippen LogP contribution in [-0.2, 0) is 12.8 Å². The zero-order chi connectivity index (χ0) is 22.3. The molecule has 2 nitrogen and oxygen atoms in total. The number of hydrogen-bond donors (Lipinski definition) is 0. The molecule has 1 aromatic carbocycles. The molecule has 0 aliphatic carbocycles. The summed E-state index contributed by atoms with van der Waals surface area (Å²) in [5.74, 6) is -0.197. The van der Waals surface area contributed by atoms with Crippen molar-refractivity contribution >= 4 is 45.4 Å². The van der Waals surface area contributed by atoms with Gasteiger partial charge in [-0.05, 0) is 65.8 Å². The number of nitrogens with zero attached hydrogens (tertiary/aromatic N) is 2. The van der Waals surface area contributed by atoms with Crippen molar-refractivity contribution in [1.29, 1.82) is 0 Å². The van der Waals surface area contributed by atoms with Crippen LogP contribution in [0, 0.1) is 5.82 Å². The summed E-state index contributed by atoms with van der Waals surface area (Å²) in [5, 5.41) is 4.38. The smallest absolute Gasteiger partial charge is 0.134 e. The Morgan fingerprint density at radius 2 is 1.31 bits per heavy atom. The molecule has 0 aliphatic heterocycles. The van der Waals surface area contributed by atoms with Crippen molar-refractivity contribution < 1.29 is 4.39 Å². The van der Waals surface area contributed by atoms with E-state index < -0.39 is 0 Å². The highest BCUT2D eigenvalue weighted by atomic mass is 32.1. The van der Waals surface area contributed by atoms with Gasteiger partial charge in [0, 0.05) is 15.3 Å². The van der Waals surface area contributed by atoms with Gasteiger partial charge in [0.2, 0.25) is 0 Å². The van der Waals surface area contributed by atoms with Crippen molar-refractivity contribution in [3.8, 4) is 20.9 Å². The molecule has 0 fully saturated rings. The Morgan fingerprint density at radius 1 is 0.719 bits per heavy atom. The fraction of sp³-hybridized carbons (Fsp3) is 0.462. The molecule has 4 rings (SSSR count). The lowest BCUT2D eigenvalue weighted by atomic mass is 10.0. The van der Waals surface area contributed by atoms with Crippen molar-refractivity contribution in [3.05, 3.63) is 45.9 Å². The van der Waals surface area contributed by atoms with E-state index in [1.54, 1.807) is 28.7 Å². The molecule has 0 radical (unpaired) electrons. The summed E-state index contributed by atoms with van der Waals surface area (Å²) in [4.78, 5) is 2.04. The SMILES string of the molecule is CCCCCCc1csc(-c2cc(F)c(-c3cc(CCCCCC)cs3)c3nsnc23)c1. The van der Waals surface area contributed by atoms with Crippen LogP contribution in [0.2, 0.25) is 0 Å². The summed E-state index contributed by atoms with van der Waals surface area (Å²) in [7, 11) is 0. The van der Waals surface area contributed by atoms with E-state index in [0.29, 0.717) is 11.1 Å². The van der Waals surface area contributed by atoms with E-state index in [1.807, 2.05) is 0 Å². The van der Waals surface area contributed by atoms with Gasteiger partial charge in [0.1, 0.15) is 16.9 Å². The van der Waals surface area contributed by atoms with Crippen LogP contribution in [0.3, 0.4) is 0 Å². The molecule has 0 atom stereocenters. The minimum absolute atomic E-state index is 0.197. The van der Waals surface area contributed by atoms with Crippen molar-refractivity contribution in [2.24, 2.45) is 0 Å². The summed E-state index contributed by atoms with van der Waals surface area (Å²) in [6.45, 7) is 4.46. The van der Waals surface area contributed by atoms with Gasteiger partial charge in [0.25, 0.3) is 0 Å². The molecular weight excluding hydrogens is 455 g/mol. The van der Waals surface area contributed by atoms with Crippen molar-refractivity contribution in [1.82, 2.24) is 8.75 Å². The van der Waals surface area contributed by atoms with Gasteiger partial charge in [-0.1, -0.05) is 52.4 Å². The summed E-state index contributed by atoms with van der Waals surface area (Å²) < 4.78 is 24.5. The molecular formula is C26H31FN2S3. The lowest BCUT2D eigenvalue weighted by Crippen LogP contribution is -1.89. The molecule has 0 aliphatic rings. The first-order chi connectivity index (χ1) is 15.7. The second-order valence-electron chi connectivity index (χ2n) is 8.50. The molecule has 32 heavy (non-hydrogen) atoms. The average molecular weight is 487 g/mol. The Kier molecular flexibility index (Phi) is 8.44. The van der Waals surface area contributed by atoms with Gasteiger partial charge in [0.05, 0.1) is 17.3 Å². The van der Waals surface area contributed by atoms with Crippen molar-refractivity contribution in [2.75, 3.05) is 0 Å². The molecule has 6 heteroatoms. The number of unbranched alkanes of at least 4 members (excludes halogenated alkanes) is 6. The van der Waals surface area contributed by atoms with E-state index in [4.69, 9.17) is 0 Å². The quantitative estimate of drug-likeness (QED) is 0.186. The Morgan fingerprint density at radius 3 is 1.97 bits per heavy atom. The van der Waals surface area contributed by atoms with E-state index in [9.17, 15) is 0 Å². The van der Waals surface area contributed by atoms with E-state index in [1.165, 1.54) is 74.2 Å². The number of rotatable bonds is 12. The third-order valence-electron chi connectivity index (χ3n) is 5.95. The summed E-state index contributed by atoms with van der Waals surface area (Å²) >= 11 is 4.48. The summed E-state index contributed by atoms with van der Waals surface area (Å²) in [6, 6.07) is 6.03. The second kappa shape index (κ2) is 11.5. The molecule has 3 heterocycles. The fourth-order valence-electron chi connectivity index (χ4n) is 4.13. The predicted molar refractivity (Wildman–Crippen MR) is 140 cm³/mol. The van der Waals surface area contributed by atoms with Gasteiger partial charge >= 0.3 is 0 Å².